The van der Waals surface area contributed by atoms with Crippen LogP contribution in [0.4, 0.5) is 5.69 Å². The summed E-state index contributed by atoms with van der Waals surface area (Å²) in [6.07, 6.45) is 5.27. The Morgan fingerprint density at radius 2 is 2.21 bits per heavy atom. The first-order chi connectivity index (χ1) is 9.14. The number of nitrogens with one attached hydrogen (secondary N) is 2. The van der Waals surface area contributed by atoms with E-state index in [9.17, 15) is 4.79 Å². The van der Waals surface area contributed by atoms with E-state index in [0.29, 0.717) is 12.1 Å². The molecule has 5 nitrogen and oxygen atoms in total. The van der Waals surface area contributed by atoms with Gasteiger partial charge in [-0.25, -0.2) is 0 Å². The lowest BCUT2D eigenvalue weighted by Crippen LogP contribution is -2.39. The molecule has 0 saturated carbocycles. The third-order valence-corrected chi connectivity index (χ3v) is 3.71. The van der Waals surface area contributed by atoms with Gasteiger partial charge < -0.3 is 15.4 Å². The number of rotatable bonds is 4. The van der Waals surface area contributed by atoms with Crippen LogP contribution in [0.3, 0.4) is 0 Å². The van der Waals surface area contributed by atoms with E-state index in [-0.39, 0.29) is 11.3 Å². The lowest BCUT2D eigenvalue weighted by atomic mass is 9.82. The van der Waals surface area contributed by atoms with E-state index in [0.717, 1.165) is 31.7 Å². The summed E-state index contributed by atoms with van der Waals surface area (Å²) < 4.78 is 5.36. The highest BCUT2D eigenvalue weighted by Gasteiger charge is 2.28. The second-order valence-electron chi connectivity index (χ2n) is 5.28. The zero-order valence-corrected chi connectivity index (χ0v) is 11.5. The van der Waals surface area contributed by atoms with Gasteiger partial charge in [0, 0.05) is 33.0 Å². The van der Waals surface area contributed by atoms with Crippen LogP contribution in [-0.4, -0.2) is 37.7 Å². The molecule has 1 aliphatic rings. The molecule has 2 N–H and O–H groups in total. The largest absolute Gasteiger partial charge is 0.386 e. The molecule has 1 aliphatic heterocycles. The Hall–Kier alpha value is -1.62. The van der Waals surface area contributed by atoms with E-state index in [4.69, 9.17) is 4.74 Å². The van der Waals surface area contributed by atoms with Crippen molar-refractivity contribution in [3.05, 3.63) is 24.0 Å². The molecular weight excluding hydrogens is 242 g/mol. The fourth-order valence-corrected chi connectivity index (χ4v) is 2.22. The van der Waals surface area contributed by atoms with Crippen molar-refractivity contribution in [1.29, 1.82) is 0 Å². The number of pyridine rings is 1. The van der Waals surface area contributed by atoms with E-state index in [2.05, 4.69) is 22.5 Å². The van der Waals surface area contributed by atoms with Gasteiger partial charge >= 0.3 is 0 Å². The molecule has 0 atom stereocenters. The Kier molecular flexibility index (Phi) is 4.37. The number of amides is 1. The Labute approximate surface area is 113 Å². The van der Waals surface area contributed by atoms with Crippen molar-refractivity contribution in [2.24, 2.45) is 5.41 Å². The molecule has 1 aromatic heterocycles. The number of hydrogen-bond acceptors (Lipinski definition) is 4. The summed E-state index contributed by atoms with van der Waals surface area (Å²) in [6, 6.07) is 1.73. The zero-order chi connectivity index (χ0) is 13.7. The summed E-state index contributed by atoms with van der Waals surface area (Å²) in [7, 11) is 1.79. The first kappa shape index (κ1) is 13.8. The summed E-state index contributed by atoms with van der Waals surface area (Å²) in [5.74, 6) is -0.0560. The maximum Gasteiger partial charge on any atom is 0.253 e. The molecule has 5 heteroatoms. The minimum Gasteiger partial charge on any atom is -0.386 e. The van der Waals surface area contributed by atoms with Crippen LogP contribution in [0.15, 0.2) is 18.5 Å². The molecule has 2 heterocycles. The van der Waals surface area contributed by atoms with Crippen LogP contribution in [0.5, 0.6) is 0 Å². The summed E-state index contributed by atoms with van der Waals surface area (Å²) >= 11 is 0. The number of hydrogen-bond donors (Lipinski definition) is 2. The molecule has 1 fully saturated rings. The van der Waals surface area contributed by atoms with E-state index < -0.39 is 0 Å². The van der Waals surface area contributed by atoms with Crippen LogP contribution in [0.2, 0.25) is 0 Å². The second-order valence-corrected chi connectivity index (χ2v) is 5.28. The topological polar surface area (TPSA) is 63.2 Å². The lowest BCUT2D eigenvalue weighted by Gasteiger charge is -2.33. The standard InChI is InChI=1S/C14H21N3O2/c1-14(4-7-19-8-5-14)10-17-13(18)11-3-6-16-9-12(11)15-2/h3,6,9,15H,4-5,7-8,10H2,1-2H3,(H,17,18). The highest BCUT2D eigenvalue weighted by molar-refractivity contribution is 5.99. The zero-order valence-electron chi connectivity index (χ0n) is 11.5. The smallest absolute Gasteiger partial charge is 0.253 e. The monoisotopic (exact) mass is 263 g/mol. The van der Waals surface area contributed by atoms with Crippen molar-refractivity contribution in [2.45, 2.75) is 19.8 Å². The molecule has 1 amide bonds. The molecule has 0 radical (unpaired) electrons. The van der Waals surface area contributed by atoms with Gasteiger partial charge in [-0.3, -0.25) is 9.78 Å². The summed E-state index contributed by atoms with van der Waals surface area (Å²) in [4.78, 5) is 16.2. The minimum atomic E-state index is -0.0560. The van der Waals surface area contributed by atoms with Crippen LogP contribution in [0, 0.1) is 5.41 Å². The molecule has 0 spiro atoms. The summed E-state index contributed by atoms with van der Waals surface area (Å²) in [6.45, 7) is 4.44. The fraction of sp³-hybridized carbons (Fsp3) is 0.571. The predicted octanol–water partition coefficient (Wildman–Crippen LogP) is 1.67. The van der Waals surface area contributed by atoms with Crippen molar-refractivity contribution < 1.29 is 9.53 Å². The van der Waals surface area contributed by atoms with Crippen LogP contribution in [0.25, 0.3) is 0 Å². The van der Waals surface area contributed by atoms with Gasteiger partial charge in [-0.1, -0.05) is 6.92 Å². The molecule has 0 aromatic carbocycles. The Bertz CT molecular complexity index is 442. The average molecular weight is 263 g/mol. The molecule has 1 aromatic rings. The molecule has 0 aliphatic carbocycles. The van der Waals surface area contributed by atoms with E-state index in [1.54, 1.807) is 25.5 Å². The van der Waals surface area contributed by atoms with E-state index in [1.807, 2.05) is 0 Å². The number of carbonyl (C=O) groups is 1. The number of ether oxygens (including phenoxy) is 1. The first-order valence-electron chi connectivity index (χ1n) is 6.62. The van der Waals surface area contributed by atoms with Crippen LogP contribution in [-0.2, 0) is 4.74 Å². The van der Waals surface area contributed by atoms with Gasteiger partial charge in [0.05, 0.1) is 17.4 Å². The van der Waals surface area contributed by atoms with Crippen molar-refractivity contribution in [3.63, 3.8) is 0 Å². The van der Waals surface area contributed by atoms with Crippen LogP contribution < -0.4 is 10.6 Å². The van der Waals surface area contributed by atoms with Gasteiger partial charge in [-0.05, 0) is 24.3 Å². The maximum absolute atomic E-state index is 12.2. The summed E-state index contributed by atoms with van der Waals surface area (Å²) in [5.41, 5.74) is 1.52. The normalized spacial score (nSPS) is 17.8. The SMILES string of the molecule is CNc1cnccc1C(=O)NCC1(C)CCOCC1. The summed E-state index contributed by atoms with van der Waals surface area (Å²) in [5, 5.41) is 6.00. The number of nitrogens with zero attached hydrogens (tertiary/aromatic N) is 1. The minimum absolute atomic E-state index is 0.0560. The van der Waals surface area contributed by atoms with E-state index in [1.165, 1.54) is 0 Å². The first-order valence-corrected chi connectivity index (χ1v) is 6.62. The Morgan fingerprint density at radius 3 is 2.89 bits per heavy atom. The van der Waals surface area contributed by atoms with Crippen molar-refractivity contribution in [2.75, 3.05) is 32.1 Å². The third kappa shape index (κ3) is 3.44. The highest BCUT2D eigenvalue weighted by atomic mass is 16.5. The van der Waals surface area contributed by atoms with Gasteiger partial charge in [-0.2, -0.15) is 0 Å². The van der Waals surface area contributed by atoms with E-state index >= 15 is 0 Å². The molecule has 0 unspecified atom stereocenters. The number of aromatic nitrogens is 1. The fourth-order valence-electron chi connectivity index (χ4n) is 2.22. The van der Waals surface area contributed by atoms with Crippen molar-refractivity contribution >= 4 is 11.6 Å². The maximum atomic E-state index is 12.2. The second kappa shape index (κ2) is 6.02. The molecule has 19 heavy (non-hydrogen) atoms. The highest BCUT2D eigenvalue weighted by Crippen LogP contribution is 2.28. The van der Waals surface area contributed by atoms with Gasteiger partial charge in [0.25, 0.3) is 5.91 Å². The number of anilines is 1. The van der Waals surface area contributed by atoms with Crippen molar-refractivity contribution in [3.8, 4) is 0 Å². The quantitative estimate of drug-likeness (QED) is 0.867. The van der Waals surface area contributed by atoms with Crippen LogP contribution in [0.1, 0.15) is 30.1 Å². The van der Waals surface area contributed by atoms with Gasteiger partial charge in [0.1, 0.15) is 0 Å². The Balaban J connectivity index is 1.97. The van der Waals surface area contributed by atoms with Gasteiger partial charge in [0.15, 0.2) is 0 Å². The predicted molar refractivity (Wildman–Crippen MR) is 74.3 cm³/mol. The Morgan fingerprint density at radius 1 is 1.47 bits per heavy atom. The third-order valence-electron chi connectivity index (χ3n) is 3.71. The molecule has 104 valence electrons. The van der Waals surface area contributed by atoms with Crippen LogP contribution >= 0.6 is 0 Å². The average Bonchev–Trinajstić information content (AvgIpc) is 2.45. The molecule has 1 saturated heterocycles. The molecule has 0 bridgehead atoms. The molecular formula is C14H21N3O2. The van der Waals surface area contributed by atoms with Crippen molar-refractivity contribution in [1.82, 2.24) is 10.3 Å². The lowest BCUT2D eigenvalue weighted by molar-refractivity contribution is 0.0238. The van der Waals surface area contributed by atoms with Gasteiger partial charge in [0.2, 0.25) is 0 Å². The van der Waals surface area contributed by atoms with Gasteiger partial charge in [-0.15, -0.1) is 0 Å². The molecule has 2 rings (SSSR count). The number of carbonyl (C=O) groups excluding carboxylic acids is 1.